The maximum absolute atomic E-state index is 12.6. The molecule has 0 bridgehead atoms. The molecule has 1 unspecified atom stereocenters. The van der Waals surface area contributed by atoms with E-state index in [1.807, 2.05) is 12.1 Å². The zero-order valence-corrected chi connectivity index (χ0v) is 12.2. The van der Waals surface area contributed by atoms with Gasteiger partial charge < -0.3 is 15.8 Å². The molecule has 1 aliphatic heterocycles. The van der Waals surface area contributed by atoms with Gasteiger partial charge in [-0.25, -0.2) is 9.59 Å². The van der Waals surface area contributed by atoms with E-state index in [2.05, 4.69) is 5.32 Å². The standard InChI is InChI=1S/C15H17N3O4/c1-22-12(19)11-8-9-4-2-3-5-10(9)18(11)14(21)17-15(6-7-15)13(16)20/h2-5,11H,6-8H2,1H3,(H2,16,20)(H,17,21). The first-order valence-electron chi connectivity index (χ1n) is 7.05. The summed E-state index contributed by atoms with van der Waals surface area (Å²) in [6.45, 7) is 0. The molecule has 2 aliphatic rings. The van der Waals surface area contributed by atoms with Crippen LogP contribution in [0.1, 0.15) is 18.4 Å². The van der Waals surface area contributed by atoms with Crippen molar-refractivity contribution < 1.29 is 19.1 Å². The van der Waals surface area contributed by atoms with Crippen molar-refractivity contribution in [3.63, 3.8) is 0 Å². The van der Waals surface area contributed by atoms with E-state index >= 15 is 0 Å². The van der Waals surface area contributed by atoms with Crippen LogP contribution in [0.3, 0.4) is 0 Å². The van der Waals surface area contributed by atoms with Crippen molar-refractivity contribution in [2.24, 2.45) is 5.73 Å². The fraction of sp³-hybridized carbons (Fsp3) is 0.400. The Morgan fingerprint density at radius 1 is 1.32 bits per heavy atom. The second-order valence-corrected chi connectivity index (χ2v) is 5.62. The van der Waals surface area contributed by atoms with Crippen LogP contribution < -0.4 is 16.0 Å². The Bertz CT molecular complexity index is 654. The number of nitrogens with two attached hydrogens (primary N) is 1. The highest BCUT2D eigenvalue weighted by molar-refractivity contribution is 6.04. The minimum atomic E-state index is -0.977. The third-order valence-corrected chi connectivity index (χ3v) is 4.24. The Morgan fingerprint density at radius 2 is 2.00 bits per heavy atom. The van der Waals surface area contributed by atoms with Crippen molar-refractivity contribution in [1.29, 1.82) is 0 Å². The second-order valence-electron chi connectivity index (χ2n) is 5.62. The number of hydrogen-bond donors (Lipinski definition) is 2. The second kappa shape index (κ2) is 5.01. The first kappa shape index (κ1) is 14.4. The van der Waals surface area contributed by atoms with Crippen LogP contribution in [-0.4, -0.2) is 36.6 Å². The third kappa shape index (κ3) is 2.18. The largest absolute Gasteiger partial charge is 0.467 e. The average Bonchev–Trinajstić information content (AvgIpc) is 3.18. The molecule has 1 aromatic rings. The summed E-state index contributed by atoms with van der Waals surface area (Å²) in [5.41, 5.74) is 5.89. The zero-order valence-electron chi connectivity index (χ0n) is 12.2. The van der Waals surface area contributed by atoms with E-state index in [0.717, 1.165) is 5.56 Å². The molecule has 1 atom stereocenters. The number of benzene rings is 1. The van der Waals surface area contributed by atoms with Crippen molar-refractivity contribution in [2.75, 3.05) is 12.0 Å². The van der Waals surface area contributed by atoms with Gasteiger partial charge in [0.15, 0.2) is 0 Å². The van der Waals surface area contributed by atoms with E-state index in [9.17, 15) is 14.4 Å². The number of nitrogens with zero attached hydrogens (tertiary/aromatic N) is 1. The van der Waals surface area contributed by atoms with Gasteiger partial charge in [0, 0.05) is 12.1 Å². The van der Waals surface area contributed by atoms with Crippen molar-refractivity contribution in [3.8, 4) is 0 Å². The molecule has 3 N–H and O–H groups in total. The Balaban J connectivity index is 1.89. The van der Waals surface area contributed by atoms with Gasteiger partial charge >= 0.3 is 12.0 Å². The molecular weight excluding hydrogens is 286 g/mol. The van der Waals surface area contributed by atoms with Crippen LogP contribution in [0.2, 0.25) is 0 Å². The number of nitrogens with one attached hydrogen (secondary N) is 1. The van der Waals surface area contributed by atoms with Crippen LogP contribution in [0.25, 0.3) is 0 Å². The van der Waals surface area contributed by atoms with Crippen LogP contribution in [0, 0.1) is 0 Å². The van der Waals surface area contributed by atoms with E-state index in [1.54, 1.807) is 12.1 Å². The lowest BCUT2D eigenvalue weighted by molar-refractivity contribution is -0.141. The number of amides is 3. The summed E-state index contributed by atoms with van der Waals surface area (Å²) in [5, 5.41) is 2.66. The van der Waals surface area contributed by atoms with Crippen LogP contribution in [0.4, 0.5) is 10.5 Å². The van der Waals surface area contributed by atoms with E-state index < -0.39 is 29.5 Å². The monoisotopic (exact) mass is 303 g/mol. The lowest BCUT2D eigenvalue weighted by Gasteiger charge is -2.26. The van der Waals surface area contributed by atoms with Gasteiger partial charge in [0.2, 0.25) is 5.91 Å². The predicted molar refractivity (Wildman–Crippen MR) is 78.1 cm³/mol. The molecule has 0 radical (unpaired) electrons. The molecule has 0 saturated heterocycles. The van der Waals surface area contributed by atoms with E-state index in [-0.39, 0.29) is 0 Å². The number of carbonyl (C=O) groups is 3. The Morgan fingerprint density at radius 3 is 2.59 bits per heavy atom. The summed E-state index contributed by atoms with van der Waals surface area (Å²) < 4.78 is 4.79. The van der Waals surface area contributed by atoms with Crippen LogP contribution >= 0.6 is 0 Å². The number of carbonyl (C=O) groups excluding carboxylic acids is 3. The number of para-hydroxylation sites is 1. The first-order valence-corrected chi connectivity index (χ1v) is 7.05. The van der Waals surface area contributed by atoms with Crippen molar-refractivity contribution in [1.82, 2.24) is 5.32 Å². The average molecular weight is 303 g/mol. The molecule has 116 valence electrons. The van der Waals surface area contributed by atoms with Gasteiger partial charge in [-0.05, 0) is 24.5 Å². The molecule has 7 heteroatoms. The van der Waals surface area contributed by atoms with Gasteiger partial charge in [-0.15, -0.1) is 0 Å². The molecule has 1 aliphatic carbocycles. The smallest absolute Gasteiger partial charge is 0.329 e. The number of hydrogen-bond acceptors (Lipinski definition) is 4. The zero-order chi connectivity index (χ0) is 15.9. The van der Waals surface area contributed by atoms with Gasteiger partial charge in [0.1, 0.15) is 11.6 Å². The van der Waals surface area contributed by atoms with Gasteiger partial charge in [-0.1, -0.05) is 18.2 Å². The summed E-state index contributed by atoms with van der Waals surface area (Å²) >= 11 is 0. The Labute approximate surface area is 127 Å². The van der Waals surface area contributed by atoms with Crippen molar-refractivity contribution >= 4 is 23.6 Å². The number of anilines is 1. The van der Waals surface area contributed by atoms with E-state index in [1.165, 1.54) is 12.0 Å². The fourth-order valence-corrected chi connectivity index (χ4v) is 2.78. The minimum absolute atomic E-state index is 0.389. The number of primary amides is 1. The van der Waals surface area contributed by atoms with E-state index in [4.69, 9.17) is 10.5 Å². The molecule has 1 heterocycles. The predicted octanol–water partition coefficient (Wildman–Crippen LogP) is 0.318. The number of esters is 1. The topological polar surface area (TPSA) is 102 Å². The Kier molecular flexibility index (Phi) is 3.27. The fourth-order valence-electron chi connectivity index (χ4n) is 2.78. The van der Waals surface area contributed by atoms with Crippen LogP contribution in [-0.2, 0) is 20.7 Å². The highest BCUT2D eigenvalue weighted by Crippen LogP contribution is 2.37. The third-order valence-electron chi connectivity index (χ3n) is 4.24. The highest BCUT2D eigenvalue weighted by atomic mass is 16.5. The number of fused-ring (bicyclic) bond motifs is 1. The SMILES string of the molecule is COC(=O)C1Cc2ccccc2N1C(=O)NC1(C(N)=O)CC1. The van der Waals surface area contributed by atoms with E-state index in [0.29, 0.717) is 24.9 Å². The normalized spacial score (nSPS) is 21.0. The van der Waals surface area contributed by atoms with Gasteiger partial charge in [-0.3, -0.25) is 9.69 Å². The van der Waals surface area contributed by atoms with Crippen LogP contribution in [0.15, 0.2) is 24.3 Å². The number of methoxy groups -OCH3 is 1. The molecule has 7 nitrogen and oxygen atoms in total. The minimum Gasteiger partial charge on any atom is -0.467 e. The summed E-state index contributed by atoms with van der Waals surface area (Å²) in [5.74, 6) is -1.04. The van der Waals surface area contributed by atoms with Crippen molar-refractivity contribution in [3.05, 3.63) is 29.8 Å². The summed E-state index contributed by atoms with van der Waals surface area (Å²) in [7, 11) is 1.28. The van der Waals surface area contributed by atoms with Gasteiger partial charge in [0.25, 0.3) is 0 Å². The number of ether oxygens (including phenoxy) is 1. The number of urea groups is 1. The lowest BCUT2D eigenvalue weighted by atomic mass is 10.1. The number of rotatable bonds is 3. The lowest BCUT2D eigenvalue weighted by Crippen LogP contribution is -2.55. The molecule has 3 rings (SSSR count). The quantitative estimate of drug-likeness (QED) is 0.785. The summed E-state index contributed by atoms with van der Waals surface area (Å²) in [4.78, 5) is 37.4. The molecule has 3 amide bonds. The maximum atomic E-state index is 12.6. The molecule has 0 aromatic heterocycles. The molecule has 1 aromatic carbocycles. The summed E-state index contributed by atoms with van der Waals surface area (Å²) in [6.07, 6.45) is 1.43. The molecular formula is C15H17N3O4. The molecule has 1 fully saturated rings. The maximum Gasteiger partial charge on any atom is 0.329 e. The van der Waals surface area contributed by atoms with Gasteiger partial charge in [0.05, 0.1) is 7.11 Å². The summed E-state index contributed by atoms with van der Waals surface area (Å²) in [6, 6.07) is 6.03. The highest BCUT2D eigenvalue weighted by Gasteiger charge is 2.52. The molecule has 0 spiro atoms. The van der Waals surface area contributed by atoms with Crippen LogP contribution in [0.5, 0.6) is 0 Å². The molecule has 1 saturated carbocycles. The molecule has 22 heavy (non-hydrogen) atoms. The first-order chi connectivity index (χ1) is 10.5. The Hall–Kier alpha value is -2.57. The van der Waals surface area contributed by atoms with Crippen molar-refractivity contribution in [2.45, 2.75) is 30.8 Å². The van der Waals surface area contributed by atoms with Gasteiger partial charge in [-0.2, -0.15) is 0 Å².